The summed E-state index contributed by atoms with van der Waals surface area (Å²) < 4.78 is 32.8. The molecule has 0 aliphatic heterocycles. The molecule has 3 aromatic carbocycles. The second-order valence-corrected chi connectivity index (χ2v) is 9.39. The molecule has 0 aliphatic rings. The zero-order valence-corrected chi connectivity index (χ0v) is 19.1. The largest absolute Gasteiger partial charge is 0.465 e. The number of hydrogen-bond donors (Lipinski definition) is 0. The minimum Gasteiger partial charge on any atom is -0.465 e. The number of benzene rings is 3. The standard InChI is InChI=1S/C25H25NO5S/c1-18-8-12-21(13-9-18)26(32(29,30)23-14-10-19(2)11-15-23)17-22(27)16-20-6-4-5-7-24(20)25(28)31-3/h4-15H,16-17H2,1-3H3. The molecule has 0 aliphatic carbocycles. The SMILES string of the molecule is COC(=O)c1ccccc1CC(=O)CN(c1ccc(C)cc1)S(=O)(=O)c1ccc(C)cc1. The van der Waals surface area contributed by atoms with Crippen molar-refractivity contribution in [2.75, 3.05) is 18.0 Å². The molecule has 0 saturated carbocycles. The van der Waals surface area contributed by atoms with Crippen molar-refractivity contribution in [3.8, 4) is 0 Å². The first-order valence-electron chi connectivity index (χ1n) is 10.1. The summed E-state index contributed by atoms with van der Waals surface area (Å²) in [4.78, 5) is 25.1. The van der Waals surface area contributed by atoms with Gasteiger partial charge in [-0.05, 0) is 49.7 Å². The summed E-state index contributed by atoms with van der Waals surface area (Å²) in [7, 11) is -2.71. The van der Waals surface area contributed by atoms with Gasteiger partial charge in [0.05, 0.1) is 29.8 Å². The van der Waals surface area contributed by atoms with E-state index in [-0.39, 0.29) is 29.2 Å². The molecule has 0 spiro atoms. The first-order chi connectivity index (χ1) is 15.2. The van der Waals surface area contributed by atoms with Crippen LogP contribution in [0.2, 0.25) is 0 Å². The third kappa shape index (κ3) is 5.23. The van der Waals surface area contributed by atoms with E-state index in [2.05, 4.69) is 0 Å². The summed E-state index contributed by atoms with van der Waals surface area (Å²) in [6.07, 6.45) is -0.100. The molecule has 32 heavy (non-hydrogen) atoms. The highest BCUT2D eigenvalue weighted by Crippen LogP contribution is 2.25. The van der Waals surface area contributed by atoms with Gasteiger partial charge in [-0.25, -0.2) is 13.2 Å². The summed E-state index contributed by atoms with van der Waals surface area (Å²) in [5.41, 5.74) is 3.07. The maximum Gasteiger partial charge on any atom is 0.338 e. The van der Waals surface area contributed by atoms with Gasteiger partial charge < -0.3 is 4.74 Å². The van der Waals surface area contributed by atoms with Crippen molar-refractivity contribution in [3.63, 3.8) is 0 Å². The van der Waals surface area contributed by atoms with Gasteiger partial charge in [0.25, 0.3) is 10.0 Å². The normalized spacial score (nSPS) is 11.1. The summed E-state index contributed by atoms with van der Waals surface area (Å²) in [5.74, 6) is -0.895. The van der Waals surface area contributed by atoms with Crippen LogP contribution in [0.1, 0.15) is 27.0 Å². The molecular formula is C25H25NO5S. The number of aryl methyl sites for hydroxylation is 2. The summed E-state index contributed by atoms with van der Waals surface area (Å²) in [6, 6.07) is 20.1. The first-order valence-corrected chi connectivity index (χ1v) is 11.5. The minimum atomic E-state index is -3.98. The van der Waals surface area contributed by atoms with Gasteiger partial charge in [0, 0.05) is 6.42 Å². The maximum atomic E-state index is 13.4. The topological polar surface area (TPSA) is 80.8 Å². The quantitative estimate of drug-likeness (QED) is 0.482. The highest BCUT2D eigenvalue weighted by Gasteiger charge is 2.27. The Balaban J connectivity index is 1.95. The van der Waals surface area contributed by atoms with Crippen molar-refractivity contribution in [3.05, 3.63) is 95.1 Å². The number of esters is 1. The lowest BCUT2D eigenvalue weighted by molar-refractivity contribution is -0.117. The molecule has 0 fully saturated rings. The number of nitrogens with zero attached hydrogens (tertiary/aromatic N) is 1. The average Bonchev–Trinajstić information content (AvgIpc) is 2.78. The average molecular weight is 452 g/mol. The number of rotatable bonds is 8. The molecule has 0 aromatic heterocycles. The van der Waals surface area contributed by atoms with E-state index in [1.807, 2.05) is 13.8 Å². The fraction of sp³-hybridized carbons (Fsp3) is 0.200. The molecule has 0 heterocycles. The van der Waals surface area contributed by atoms with E-state index in [4.69, 9.17) is 4.74 Å². The Bertz CT molecular complexity index is 1220. The molecule has 0 atom stereocenters. The number of hydrogen-bond acceptors (Lipinski definition) is 5. The van der Waals surface area contributed by atoms with E-state index in [9.17, 15) is 18.0 Å². The van der Waals surface area contributed by atoms with E-state index in [1.165, 1.54) is 19.2 Å². The van der Waals surface area contributed by atoms with E-state index in [0.717, 1.165) is 15.4 Å². The van der Waals surface area contributed by atoms with Gasteiger partial charge in [-0.2, -0.15) is 0 Å². The van der Waals surface area contributed by atoms with Gasteiger partial charge in [0.15, 0.2) is 5.78 Å². The van der Waals surface area contributed by atoms with Gasteiger partial charge >= 0.3 is 5.97 Å². The molecule has 0 unspecified atom stereocenters. The molecule has 0 amide bonds. The Morgan fingerprint density at radius 2 is 1.41 bits per heavy atom. The highest BCUT2D eigenvalue weighted by atomic mass is 32.2. The Labute approximate surface area is 188 Å². The second-order valence-electron chi connectivity index (χ2n) is 7.52. The van der Waals surface area contributed by atoms with Gasteiger partial charge in [-0.1, -0.05) is 53.6 Å². The fourth-order valence-corrected chi connectivity index (χ4v) is 4.72. The minimum absolute atomic E-state index is 0.100. The van der Waals surface area contributed by atoms with Crippen LogP contribution in [0, 0.1) is 13.8 Å². The van der Waals surface area contributed by atoms with Crippen LogP contribution in [-0.4, -0.2) is 33.8 Å². The Morgan fingerprint density at radius 1 is 0.844 bits per heavy atom. The van der Waals surface area contributed by atoms with Crippen molar-refractivity contribution in [2.45, 2.75) is 25.2 Å². The Kier molecular flexibility index (Phi) is 7.10. The highest BCUT2D eigenvalue weighted by molar-refractivity contribution is 7.92. The number of sulfonamides is 1. The number of Topliss-reactive ketones (excluding diaryl/α,β-unsaturated/α-hetero) is 1. The molecule has 166 valence electrons. The van der Waals surface area contributed by atoms with Crippen LogP contribution in [0.4, 0.5) is 5.69 Å². The van der Waals surface area contributed by atoms with Gasteiger partial charge in [-0.15, -0.1) is 0 Å². The van der Waals surface area contributed by atoms with Gasteiger partial charge in [0.1, 0.15) is 0 Å². The molecule has 0 radical (unpaired) electrons. The molecule has 3 aromatic rings. The van der Waals surface area contributed by atoms with E-state index in [1.54, 1.807) is 60.7 Å². The lowest BCUT2D eigenvalue weighted by Gasteiger charge is -2.24. The van der Waals surface area contributed by atoms with Crippen molar-refractivity contribution in [2.24, 2.45) is 0 Å². The van der Waals surface area contributed by atoms with Gasteiger partial charge in [0.2, 0.25) is 0 Å². The van der Waals surface area contributed by atoms with E-state index < -0.39 is 16.0 Å². The van der Waals surface area contributed by atoms with Crippen molar-refractivity contribution in [1.82, 2.24) is 0 Å². The zero-order valence-electron chi connectivity index (χ0n) is 18.2. The van der Waals surface area contributed by atoms with Crippen LogP contribution in [0.25, 0.3) is 0 Å². The Hall–Kier alpha value is -3.45. The molecule has 6 nitrogen and oxygen atoms in total. The predicted molar refractivity (Wildman–Crippen MR) is 123 cm³/mol. The van der Waals surface area contributed by atoms with Crippen molar-refractivity contribution in [1.29, 1.82) is 0 Å². The summed E-state index contributed by atoms with van der Waals surface area (Å²) >= 11 is 0. The van der Waals surface area contributed by atoms with Gasteiger partial charge in [-0.3, -0.25) is 9.10 Å². The van der Waals surface area contributed by atoms with Crippen LogP contribution in [0.3, 0.4) is 0 Å². The molecular weight excluding hydrogens is 426 g/mol. The van der Waals surface area contributed by atoms with E-state index in [0.29, 0.717) is 11.3 Å². The fourth-order valence-electron chi connectivity index (χ4n) is 3.28. The third-order valence-electron chi connectivity index (χ3n) is 5.06. The predicted octanol–water partition coefficient (Wildman–Crippen LogP) is 4.10. The number of carbonyl (C=O) groups is 2. The number of carbonyl (C=O) groups excluding carboxylic acids is 2. The van der Waals surface area contributed by atoms with Crippen LogP contribution in [-0.2, 0) is 26.0 Å². The molecule has 7 heteroatoms. The number of ether oxygens (including phenoxy) is 1. The zero-order chi connectivity index (χ0) is 23.3. The molecule has 0 saturated heterocycles. The molecule has 0 bridgehead atoms. The monoisotopic (exact) mass is 451 g/mol. The number of methoxy groups -OCH3 is 1. The smallest absolute Gasteiger partial charge is 0.338 e. The van der Waals surface area contributed by atoms with E-state index >= 15 is 0 Å². The molecule has 0 N–H and O–H groups in total. The Morgan fingerprint density at radius 3 is 2.00 bits per heavy atom. The third-order valence-corrected chi connectivity index (χ3v) is 6.85. The number of ketones is 1. The van der Waals surface area contributed by atoms with Crippen LogP contribution in [0.5, 0.6) is 0 Å². The summed E-state index contributed by atoms with van der Waals surface area (Å²) in [5, 5.41) is 0. The van der Waals surface area contributed by atoms with Crippen LogP contribution in [0.15, 0.2) is 77.7 Å². The van der Waals surface area contributed by atoms with Crippen molar-refractivity contribution < 1.29 is 22.7 Å². The maximum absolute atomic E-state index is 13.4. The van der Waals surface area contributed by atoms with Crippen LogP contribution < -0.4 is 4.31 Å². The first kappa shape index (κ1) is 23.2. The lowest BCUT2D eigenvalue weighted by Crippen LogP contribution is -2.36. The van der Waals surface area contributed by atoms with Crippen molar-refractivity contribution >= 4 is 27.5 Å². The summed E-state index contributed by atoms with van der Waals surface area (Å²) in [6.45, 7) is 3.41. The lowest BCUT2D eigenvalue weighted by atomic mass is 10.0. The number of anilines is 1. The van der Waals surface area contributed by atoms with Crippen LogP contribution >= 0.6 is 0 Å². The second kappa shape index (κ2) is 9.78. The molecule has 3 rings (SSSR count).